The van der Waals surface area contributed by atoms with Crippen LogP contribution in [0.3, 0.4) is 0 Å². The van der Waals surface area contributed by atoms with Crippen molar-refractivity contribution in [3.05, 3.63) is 108 Å². The Balaban J connectivity index is 1.22. The molecule has 5 rings (SSSR count). The highest BCUT2D eigenvalue weighted by molar-refractivity contribution is 5.89. The fourth-order valence-electron chi connectivity index (χ4n) is 4.33. The minimum absolute atomic E-state index is 0.0176. The molecule has 1 amide bonds. The predicted molar refractivity (Wildman–Crippen MR) is 140 cm³/mol. The molecule has 5 nitrogen and oxygen atoms in total. The number of aromatic amines is 1. The van der Waals surface area contributed by atoms with Crippen LogP contribution in [0.5, 0.6) is 5.75 Å². The molecule has 3 N–H and O–H groups in total. The number of amides is 1. The van der Waals surface area contributed by atoms with Crippen LogP contribution in [-0.2, 0) is 17.6 Å². The summed E-state index contributed by atoms with van der Waals surface area (Å²) >= 11 is 0. The van der Waals surface area contributed by atoms with Gasteiger partial charge in [-0.15, -0.1) is 0 Å². The molecular formula is C30H27N3O2. The first-order chi connectivity index (χ1) is 17.2. The average Bonchev–Trinajstić information content (AvgIpc) is 3.32. The summed E-state index contributed by atoms with van der Waals surface area (Å²) in [4.78, 5) is 19.8. The number of fused-ring (bicyclic) bond motifs is 1. The molecular weight excluding hydrogens is 434 g/mol. The van der Waals surface area contributed by atoms with Gasteiger partial charge in [-0.25, -0.2) is 0 Å². The van der Waals surface area contributed by atoms with Gasteiger partial charge in [-0.05, 0) is 47.7 Å². The number of aromatic nitrogens is 2. The molecule has 0 saturated heterocycles. The number of aryl methyl sites for hydroxylation is 1. The Kier molecular flexibility index (Phi) is 6.57. The number of nitrogens with zero attached hydrogens (tertiary/aromatic N) is 1. The minimum Gasteiger partial charge on any atom is -0.507 e. The lowest BCUT2D eigenvalue weighted by atomic mass is 9.98. The number of nitrogens with one attached hydrogen (secondary N) is 2. The summed E-state index contributed by atoms with van der Waals surface area (Å²) in [6.45, 7) is 0.663. The smallest absolute Gasteiger partial charge is 0.224 e. The maximum absolute atomic E-state index is 12.3. The van der Waals surface area contributed by atoms with E-state index in [1.165, 1.54) is 5.56 Å². The summed E-state index contributed by atoms with van der Waals surface area (Å²) in [6.07, 6.45) is 5.73. The molecule has 2 aromatic heterocycles. The lowest BCUT2D eigenvalue weighted by molar-refractivity contribution is -0.120. The van der Waals surface area contributed by atoms with Gasteiger partial charge in [0.15, 0.2) is 0 Å². The molecule has 0 aliphatic carbocycles. The first-order valence-corrected chi connectivity index (χ1v) is 11.8. The summed E-state index contributed by atoms with van der Waals surface area (Å²) in [5.41, 5.74) is 6.37. The third kappa shape index (κ3) is 5.25. The van der Waals surface area contributed by atoms with Gasteiger partial charge >= 0.3 is 0 Å². The minimum atomic E-state index is 0.0176. The van der Waals surface area contributed by atoms with E-state index >= 15 is 0 Å². The van der Waals surface area contributed by atoms with Crippen molar-refractivity contribution in [2.45, 2.75) is 19.3 Å². The van der Waals surface area contributed by atoms with E-state index < -0.39 is 0 Å². The van der Waals surface area contributed by atoms with Crippen LogP contribution in [-0.4, -0.2) is 27.5 Å². The molecule has 5 heteroatoms. The normalized spacial score (nSPS) is 11.0. The van der Waals surface area contributed by atoms with Crippen molar-refractivity contribution < 1.29 is 9.90 Å². The van der Waals surface area contributed by atoms with E-state index in [-0.39, 0.29) is 11.7 Å². The van der Waals surface area contributed by atoms with Gasteiger partial charge in [-0.2, -0.15) is 0 Å². The lowest BCUT2D eigenvalue weighted by Gasteiger charge is -2.10. The van der Waals surface area contributed by atoms with E-state index in [2.05, 4.69) is 27.4 Å². The molecule has 0 saturated carbocycles. The molecule has 0 aliphatic heterocycles. The summed E-state index contributed by atoms with van der Waals surface area (Å²) < 4.78 is 0. The SMILES string of the molecule is O=C(Cc1ccc(-c2cccc(-c3cc4ccncc4[nH]3)c2O)cc1)NCCCc1ccccc1. The number of phenolic OH excluding ortho intramolecular Hbond substituents is 1. The van der Waals surface area contributed by atoms with Crippen LogP contribution in [0.25, 0.3) is 33.3 Å². The zero-order valence-corrected chi connectivity index (χ0v) is 19.4. The summed E-state index contributed by atoms with van der Waals surface area (Å²) in [7, 11) is 0. The van der Waals surface area contributed by atoms with Crippen molar-refractivity contribution in [1.82, 2.24) is 15.3 Å². The summed E-state index contributed by atoms with van der Waals surface area (Å²) in [5, 5.41) is 15.1. The molecule has 0 atom stereocenters. The van der Waals surface area contributed by atoms with Crippen LogP contribution >= 0.6 is 0 Å². The second-order valence-electron chi connectivity index (χ2n) is 8.66. The van der Waals surface area contributed by atoms with E-state index in [0.717, 1.165) is 51.7 Å². The number of hydrogen-bond acceptors (Lipinski definition) is 3. The Morgan fingerprint density at radius 3 is 2.49 bits per heavy atom. The van der Waals surface area contributed by atoms with E-state index in [1.54, 1.807) is 12.4 Å². The van der Waals surface area contributed by atoms with E-state index in [9.17, 15) is 9.90 Å². The lowest BCUT2D eigenvalue weighted by Crippen LogP contribution is -2.26. The van der Waals surface area contributed by atoms with Crippen LogP contribution in [0.1, 0.15) is 17.5 Å². The number of carbonyl (C=O) groups is 1. The van der Waals surface area contributed by atoms with Gasteiger partial charge in [0.25, 0.3) is 0 Å². The Morgan fingerprint density at radius 2 is 1.69 bits per heavy atom. The fraction of sp³-hybridized carbons (Fsp3) is 0.133. The highest BCUT2D eigenvalue weighted by Gasteiger charge is 2.13. The molecule has 3 aromatic carbocycles. The molecule has 174 valence electrons. The van der Waals surface area contributed by atoms with Crippen molar-refractivity contribution in [2.75, 3.05) is 6.54 Å². The Bertz CT molecular complexity index is 1410. The second-order valence-corrected chi connectivity index (χ2v) is 8.66. The average molecular weight is 462 g/mol. The van der Waals surface area contributed by atoms with Crippen molar-refractivity contribution in [2.24, 2.45) is 0 Å². The number of carbonyl (C=O) groups excluding carboxylic acids is 1. The third-order valence-corrected chi connectivity index (χ3v) is 6.19. The van der Waals surface area contributed by atoms with Crippen LogP contribution < -0.4 is 5.32 Å². The van der Waals surface area contributed by atoms with Gasteiger partial charge in [0.05, 0.1) is 23.8 Å². The molecule has 5 aromatic rings. The van der Waals surface area contributed by atoms with Crippen LogP contribution in [0.15, 0.2) is 97.3 Å². The standard InChI is InChI=1S/C30H27N3O2/c34-29(32-16-5-8-21-6-2-1-3-7-21)18-22-11-13-23(14-12-22)25-9-4-10-26(30(25)35)27-19-24-15-17-31-20-28(24)33-27/h1-4,6-7,9-15,17,19-20,33,35H,5,8,16,18H2,(H,32,34). The van der Waals surface area contributed by atoms with Gasteiger partial charge in [0.2, 0.25) is 5.91 Å². The highest BCUT2D eigenvalue weighted by Crippen LogP contribution is 2.38. The Hall–Kier alpha value is -4.38. The van der Waals surface area contributed by atoms with E-state index in [0.29, 0.717) is 13.0 Å². The molecule has 0 radical (unpaired) electrons. The maximum atomic E-state index is 12.3. The van der Waals surface area contributed by atoms with Gasteiger partial charge < -0.3 is 15.4 Å². The third-order valence-electron chi connectivity index (χ3n) is 6.19. The summed E-state index contributed by atoms with van der Waals surface area (Å²) in [5.74, 6) is 0.236. The molecule has 0 aliphatic rings. The molecule has 0 unspecified atom stereocenters. The number of pyridine rings is 1. The summed E-state index contributed by atoms with van der Waals surface area (Å²) in [6, 6.07) is 27.8. The van der Waals surface area contributed by atoms with E-state index in [1.807, 2.05) is 72.8 Å². The largest absolute Gasteiger partial charge is 0.507 e. The van der Waals surface area contributed by atoms with Gasteiger partial charge in [-0.3, -0.25) is 9.78 Å². The maximum Gasteiger partial charge on any atom is 0.224 e. The molecule has 2 heterocycles. The zero-order chi connectivity index (χ0) is 24.0. The zero-order valence-electron chi connectivity index (χ0n) is 19.4. The molecule has 0 spiro atoms. The number of aromatic hydroxyl groups is 1. The first-order valence-electron chi connectivity index (χ1n) is 11.8. The number of para-hydroxylation sites is 1. The number of H-pyrrole nitrogens is 1. The molecule has 0 fully saturated rings. The van der Waals surface area contributed by atoms with Crippen LogP contribution in [0, 0.1) is 0 Å². The first kappa shape index (κ1) is 22.4. The second kappa shape index (κ2) is 10.3. The van der Waals surface area contributed by atoms with Gasteiger partial charge in [0.1, 0.15) is 5.75 Å². The number of benzene rings is 3. The number of phenols is 1. The van der Waals surface area contributed by atoms with Crippen LogP contribution in [0.4, 0.5) is 0 Å². The van der Waals surface area contributed by atoms with Gasteiger partial charge in [-0.1, -0.05) is 66.7 Å². The molecule has 0 bridgehead atoms. The fourth-order valence-corrected chi connectivity index (χ4v) is 4.33. The monoisotopic (exact) mass is 461 g/mol. The Labute approximate surface area is 204 Å². The predicted octanol–water partition coefficient (Wildman–Crippen LogP) is 5.89. The van der Waals surface area contributed by atoms with E-state index in [4.69, 9.17) is 0 Å². The number of rotatable bonds is 8. The topological polar surface area (TPSA) is 78.0 Å². The molecule has 35 heavy (non-hydrogen) atoms. The van der Waals surface area contributed by atoms with Crippen molar-refractivity contribution in [3.63, 3.8) is 0 Å². The van der Waals surface area contributed by atoms with Crippen molar-refractivity contribution >= 4 is 16.8 Å². The van der Waals surface area contributed by atoms with Gasteiger partial charge in [0, 0.05) is 29.3 Å². The number of hydrogen-bond donors (Lipinski definition) is 3. The van der Waals surface area contributed by atoms with Crippen molar-refractivity contribution in [1.29, 1.82) is 0 Å². The quantitative estimate of drug-likeness (QED) is 0.252. The van der Waals surface area contributed by atoms with Crippen molar-refractivity contribution in [3.8, 4) is 28.1 Å². The Morgan fingerprint density at radius 1 is 0.886 bits per heavy atom. The highest BCUT2D eigenvalue weighted by atomic mass is 16.3. The van der Waals surface area contributed by atoms with Crippen LogP contribution in [0.2, 0.25) is 0 Å².